The Kier molecular flexibility index (Phi) is 5.22. The molecule has 0 N–H and O–H groups in total. The average molecular weight is 330 g/mol. The SMILES string of the molecule is CC(C)(C)N(CC(=O)c1ccccc1Cl)C(=O)c1ccccc1. The molecule has 120 valence electrons. The van der Waals surface area contributed by atoms with Gasteiger partial charge in [0.2, 0.25) is 0 Å². The number of amides is 1. The van der Waals surface area contributed by atoms with Crippen LogP contribution in [0.3, 0.4) is 0 Å². The van der Waals surface area contributed by atoms with Crippen molar-refractivity contribution in [3.63, 3.8) is 0 Å². The van der Waals surface area contributed by atoms with Gasteiger partial charge in [0.05, 0.1) is 11.6 Å². The van der Waals surface area contributed by atoms with Crippen molar-refractivity contribution in [2.75, 3.05) is 6.54 Å². The number of ketones is 1. The first-order chi connectivity index (χ1) is 10.8. The Labute approximate surface area is 141 Å². The van der Waals surface area contributed by atoms with E-state index in [9.17, 15) is 9.59 Å². The Balaban J connectivity index is 2.29. The molecular formula is C19H20ClNO2. The number of carbonyl (C=O) groups is 2. The molecule has 0 aliphatic rings. The number of rotatable bonds is 4. The lowest BCUT2D eigenvalue weighted by Crippen LogP contribution is -2.48. The summed E-state index contributed by atoms with van der Waals surface area (Å²) in [5, 5.41) is 0.401. The summed E-state index contributed by atoms with van der Waals surface area (Å²) in [5.41, 5.74) is 0.516. The molecule has 3 nitrogen and oxygen atoms in total. The highest BCUT2D eigenvalue weighted by Crippen LogP contribution is 2.21. The maximum atomic E-state index is 12.8. The van der Waals surface area contributed by atoms with Crippen molar-refractivity contribution in [1.29, 1.82) is 0 Å². The first-order valence-electron chi connectivity index (χ1n) is 7.45. The normalized spacial score (nSPS) is 11.1. The minimum atomic E-state index is -0.482. The summed E-state index contributed by atoms with van der Waals surface area (Å²) in [6.45, 7) is 5.72. The van der Waals surface area contributed by atoms with E-state index in [0.717, 1.165) is 0 Å². The Morgan fingerprint density at radius 3 is 2.09 bits per heavy atom. The highest BCUT2D eigenvalue weighted by Gasteiger charge is 2.29. The second-order valence-corrected chi connectivity index (χ2v) is 6.74. The van der Waals surface area contributed by atoms with Crippen LogP contribution in [0, 0.1) is 0 Å². The second-order valence-electron chi connectivity index (χ2n) is 6.33. The van der Waals surface area contributed by atoms with E-state index in [1.165, 1.54) is 0 Å². The molecule has 0 heterocycles. The number of carbonyl (C=O) groups excluding carboxylic acids is 2. The van der Waals surface area contributed by atoms with E-state index >= 15 is 0 Å². The van der Waals surface area contributed by atoms with Crippen molar-refractivity contribution >= 4 is 23.3 Å². The zero-order valence-corrected chi connectivity index (χ0v) is 14.3. The molecule has 0 spiro atoms. The van der Waals surface area contributed by atoms with Gasteiger partial charge < -0.3 is 4.90 Å². The van der Waals surface area contributed by atoms with Crippen LogP contribution in [0.5, 0.6) is 0 Å². The summed E-state index contributed by atoms with van der Waals surface area (Å²) >= 11 is 6.09. The number of Topliss-reactive ketones (excluding diaryl/α,β-unsaturated/α-hetero) is 1. The molecule has 0 aliphatic heterocycles. The van der Waals surface area contributed by atoms with Crippen LogP contribution in [0.2, 0.25) is 5.02 Å². The predicted molar refractivity (Wildman–Crippen MR) is 93.0 cm³/mol. The van der Waals surface area contributed by atoms with E-state index in [1.807, 2.05) is 39.0 Å². The van der Waals surface area contributed by atoms with Gasteiger partial charge in [-0.05, 0) is 45.0 Å². The van der Waals surface area contributed by atoms with E-state index in [2.05, 4.69) is 0 Å². The van der Waals surface area contributed by atoms with Crippen molar-refractivity contribution in [3.05, 3.63) is 70.7 Å². The number of nitrogens with zero attached hydrogens (tertiary/aromatic N) is 1. The standard InChI is InChI=1S/C19H20ClNO2/c1-19(2,3)21(18(23)14-9-5-4-6-10-14)13-17(22)15-11-7-8-12-16(15)20/h4-12H,13H2,1-3H3. The van der Waals surface area contributed by atoms with Gasteiger partial charge in [0, 0.05) is 16.7 Å². The molecule has 0 saturated heterocycles. The van der Waals surface area contributed by atoms with Gasteiger partial charge in [-0.3, -0.25) is 9.59 Å². The molecule has 0 unspecified atom stereocenters. The molecule has 0 bridgehead atoms. The van der Waals surface area contributed by atoms with Crippen LogP contribution in [0.1, 0.15) is 41.5 Å². The second kappa shape index (κ2) is 6.97. The van der Waals surface area contributed by atoms with E-state index in [1.54, 1.807) is 41.3 Å². The fraction of sp³-hybridized carbons (Fsp3) is 0.263. The summed E-state index contributed by atoms with van der Waals surface area (Å²) in [6, 6.07) is 15.9. The van der Waals surface area contributed by atoms with Crippen LogP contribution in [0.15, 0.2) is 54.6 Å². The zero-order chi connectivity index (χ0) is 17.0. The summed E-state index contributed by atoms with van der Waals surface area (Å²) in [6.07, 6.45) is 0. The van der Waals surface area contributed by atoms with Gasteiger partial charge in [-0.15, -0.1) is 0 Å². The predicted octanol–water partition coefficient (Wildman–Crippen LogP) is 4.46. The first-order valence-corrected chi connectivity index (χ1v) is 7.83. The number of hydrogen-bond donors (Lipinski definition) is 0. The van der Waals surface area contributed by atoms with Crippen molar-refractivity contribution in [2.45, 2.75) is 26.3 Å². The summed E-state index contributed by atoms with van der Waals surface area (Å²) in [7, 11) is 0. The molecule has 0 atom stereocenters. The molecular weight excluding hydrogens is 310 g/mol. The van der Waals surface area contributed by atoms with E-state index in [-0.39, 0.29) is 18.2 Å². The minimum absolute atomic E-state index is 0.0129. The third kappa shape index (κ3) is 4.20. The van der Waals surface area contributed by atoms with Gasteiger partial charge in [-0.2, -0.15) is 0 Å². The van der Waals surface area contributed by atoms with E-state index in [4.69, 9.17) is 11.6 Å². The highest BCUT2D eigenvalue weighted by molar-refractivity contribution is 6.34. The maximum Gasteiger partial charge on any atom is 0.254 e. The van der Waals surface area contributed by atoms with Gasteiger partial charge in [0.1, 0.15) is 0 Å². The van der Waals surface area contributed by atoms with Gasteiger partial charge >= 0.3 is 0 Å². The van der Waals surface area contributed by atoms with Crippen LogP contribution in [-0.4, -0.2) is 28.7 Å². The van der Waals surface area contributed by atoms with Crippen molar-refractivity contribution in [2.24, 2.45) is 0 Å². The minimum Gasteiger partial charge on any atom is -0.326 e. The monoisotopic (exact) mass is 329 g/mol. The molecule has 0 aromatic heterocycles. The maximum absolute atomic E-state index is 12.8. The lowest BCUT2D eigenvalue weighted by Gasteiger charge is -2.35. The molecule has 2 aromatic rings. The van der Waals surface area contributed by atoms with E-state index < -0.39 is 5.54 Å². The molecule has 0 saturated carbocycles. The molecule has 2 rings (SSSR count). The molecule has 23 heavy (non-hydrogen) atoms. The Hall–Kier alpha value is -2.13. The zero-order valence-electron chi connectivity index (χ0n) is 13.5. The van der Waals surface area contributed by atoms with Gasteiger partial charge in [-0.1, -0.05) is 41.9 Å². The topological polar surface area (TPSA) is 37.4 Å². The number of benzene rings is 2. The molecule has 4 heteroatoms. The fourth-order valence-electron chi connectivity index (χ4n) is 2.27. The van der Waals surface area contributed by atoms with Gasteiger partial charge in [0.25, 0.3) is 5.91 Å². The lowest BCUT2D eigenvalue weighted by atomic mass is 10.0. The highest BCUT2D eigenvalue weighted by atomic mass is 35.5. The van der Waals surface area contributed by atoms with Crippen LogP contribution < -0.4 is 0 Å². The van der Waals surface area contributed by atoms with Gasteiger partial charge in [-0.25, -0.2) is 0 Å². The summed E-state index contributed by atoms with van der Waals surface area (Å²) in [4.78, 5) is 26.9. The Morgan fingerprint density at radius 1 is 0.957 bits per heavy atom. The number of hydrogen-bond acceptors (Lipinski definition) is 2. The molecule has 0 aliphatic carbocycles. The molecule has 1 amide bonds. The van der Waals surface area contributed by atoms with Crippen molar-refractivity contribution in [1.82, 2.24) is 4.90 Å². The van der Waals surface area contributed by atoms with Crippen LogP contribution in [0.4, 0.5) is 0 Å². The van der Waals surface area contributed by atoms with Crippen LogP contribution in [0.25, 0.3) is 0 Å². The van der Waals surface area contributed by atoms with Crippen molar-refractivity contribution in [3.8, 4) is 0 Å². The lowest BCUT2D eigenvalue weighted by molar-refractivity contribution is 0.0547. The summed E-state index contributed by atoms with van der Waals surface area (Å²) < 4.78 is 0. The largest absolute Gasteiger partial charge is 0.326 e. The first kappa shape index (κ1) is 17.2. The fourth-order valence-corrected chi connectivity index (χ4v) is 2.51. The quantitative estimate of drug-likeness (QED) is 0.776. The van der Waals surface area contributed by atoms with Gasteiger partial charge in [0.15, 0.2) is 5.78 Å². The Morgan fingerprint density at radius 2 is 1.52 bits per heavy atom. The van der Waals surface area contributed by atoms with E-state index in [0.29, 0.717) is 16.1 Å². The van der Waals surface area contributed by atoms with Crippen molar-refractivity contribution < 1.29 is 9.59 Å². The average Bonchev–Trinajstić information content (AvgIpc) is 2.52. The molecule has 0 radical (unpaired) electrons. The van der Waals surface area contributed by atoms with Crippen LogP contribution in [-0.2, 0) is 0 Å². The third-order valence-electron chi connectivity index (χ3n) is 3.55. The molecule has 2 aromatic carbocycles. The van der Waals surface area contributed by atoms with Crippen LogP contribution >= 0.6 is 11.6 Å². The smallest absolute Gasteiger partial charge is 0.254 e. The number of halogens is 1. The third-order valence-corrected chi connectivity index (χ3v) is 3.88. The summed E-state index contributed by atoms with van der Waals surface area (Å²) in [5.74, 6) is -0.340. The molecule has 0 fully saturated rings. The Bertz CT molecular complexity index is 705.